The molecule has 1 saturated heterocycles. The van der Waals surface area contributed by atoms with Crippen molar-refractivity contribution in [2.45, 2.75) is 44.4 Å². The summed E-state index contributed by atoms with van der Waals surface area (Å²) in [6, 6.07) is 31.4. The Kier molecular flexibility index (Phi) is 8.15. The molecule has 1 aliphatic heterocycles. The average Bonchev–Trinajstić information content (AvgIpc) is 3.57. The second kappa shape index (κ2) is 12.4. The zero-order valence-corrected chi connectivity index (χ0v) is 22.3. The summed E-state index contributed by atoms with van der Waals surface area (Å²) in [6.45, 7) is 1.35. The summed E-state index contributed by atoms with van der Waals surface area (Å²) < 4.78 is 27.3. The molecule has 0 aliphatic carbocycles. The molecule has 0 amide bonds. The third kappa shape index (κ3) is 6.21. The largest absolute Gasteiger partial charge is 0.385 e. The maximum absolute atomic E-state index is 12.5. The molecule has 4 unspecified atom stereocenters. The quantitative estimate of drug-likeness (QED) is 0.252. The molecule has 3 N–H and O–H groups in total. The Morgan fingerprint density at radius 3 is 1.98 bits per heavy atom. The lowest BCUT2D eigenvalue weighted by Crippen LogP contribution is -2.38. The van der Waals surface area contributed by atoms with E-state index in [-0.39, 0.29) is 17.9 Å². The fraction of sp³-hybridized carbons (Fsp3) is 0.258. The highest BCUT2D eigenvalue weighted by Crippen LogP contribution is 2.36. The number of hydrogen-bond acceptors (Lipinski definition) is 8. The Morgan fingerprint density at radius 1 is 0.805 bits per heavy atom. The third-order valence-electron chi connectivity index (χ3n) is 6.99. The first kappa shape index (κ1) is 26.9. The van der Waals surface area contributed by atoms with Gasteiger partial charge < -0.3 is 29.7 Å². The van der Waals surface area contributed by atoms with E-state index >= 15 is 0 Å². The van der Waals surface area contributed by atoms with Crippen LogP contribution >= 0.6 is 0 Å². The number of anilines is 1. The third-order valence-corrected chi connectivity index (χ3v) is 6.99. The lowest BCUT2D eigenvalue weighted by Gasteiger charge is -2.25. The van der Waals surface area contributed by atoms with Crippen LogP contribution in [-0.4, -0.2) is 44.9 Å². The molecule has 0 saturated carbocycles. The Morgan fingerprint density at radius 2 is 1.37 bits per heavy atom. The highest BCUT2D eigenvalue weighted by molar-refractivity contribution is 5.75. The van der Waals surface area contributed by atoms with Gasteiger partial charge in [-0.05, 0) is 16.7 Å². The Balaban J connectivity index is 1.32. The molecule has 3 aromatic carbocycles. The van der Waals surface area contributed by atoms with Crippen molar-refractivity contribution in [2.75, 3.05) is 12.3 Å². The minimum atomic E-state index is -0.754. The number of hydrogen-bond donors (Lipinski definition) is 2. The molecule has 41 heavy (non-hydrogen) atoms. The standard InChI is InChI=1S/C31H31N5O5/c32-26-16-24-27(30(37)33-26)34-35-36(24)31-29(40-19-23-14-8-3-9-15-23)28(39-18-22-12-6-2-7-13-22)25(41-31)20-38-17-21-10-4-1-5-11-21/h1-16,25,28-29,31H,17-20H2,(H3,32,33,37). The molecule has 4 atom stereocenters. The van der Waals surface area contributed by atoms with Crippen molar-refractivity contribution < 1.29 is 18.9 Å². The van der Waals surface area contributed by atoms with Gasteiger partial charge in [0.25, 0.3) is 5.56 Å². The topological polar surface area (TPSA) is 127 Å². The second-order valence-corrected chi connectivity index (χ2v) is 9.91. The van der Waals surface area contributed by atoms with Gasteiger partial charge in [0.2, 0.25) is 0 Å². The molecule has 6 rings (SSSR count). The van der Waals surface area contributed by atoms with Crippen molar-refractivity contribution in [1.29, 1.82) is 0 Å². The van der Waals surface area contributed by atoms with Gasteiger partial charge in [-0.3, -0.25) is 4.79 Å². The van der Waals surface area contributed by atoms with Gasteiger partial charge in [-0.15, -0.1) is 5.10 Å². The van der Waals surface area contributed by atoms with Gasteiger partial charge in [0, 0.05) is 6.07 Å². The molecule has 1 fully saturated rings. The monoisotopic (exact) mass is 553 g/mol. The first-order valence-corrected chi connectivity index (χ1v) is 13.5. The molecule has 10 nitrogen and oxygen atoms in total. The van der Waals surface area contributed by atoms with E-state index < -0.39 is 30.1 Å². The van der Waals surface area contributed by atoms with Crippen molar-refractivity contribution in [1.82, 2.24) is 20.0 Å². The van der Waals surface area contributed by atoms with Gasteiger partial charge in [0.1, 0.15) is 29.6 Å². The molecule has 10 heteroatoms. The van der Waals surface area contributed by atoms with Crippen LogP contribution in [0.4, 0.5) is 5.82 Å². The fourth-order valence-corrected chi connectivity index (χ4v) is 4.98. The van der Waals surface area contributed by atoms with E-state index in [1.807, 2.05) is 91.0 Å². The Labute approximate surface area is 236 Å². The summed E-state index contributed by atoms with van der Waals surface area (Å²) in [6.07, 6.45) is -2.37. The first-order chi connectivity index (χ1) is 20.2. The van der Waals surface area contributed by atoms with E-state index in [0.29, 0.717) is 25.3 Å². The predicted molar refractivity (Wildman–Crippen MR) is 153 cm³/mol. The van der Waals surface area contributed by atoms with Gasteiger partial charge in [-0.1, -0.05) is 96.2 Å². The molecule has 0 bridgehead atoms. The van der Waals surface area contributed by atoms with Gasteiger partial charge >= 0.3 is 0 Å². The van der Waals surface area contributed by atoms with Crippen molar-refractivity contribution in [3.63, 3.8) is 0 Å². The number of nitrogen functional groups attached to an aromatic ring is 1. The number of benzene rings is 3. The SMILES string of the molecule is Nc1cc2c(nnn2C2OC(COCc3ccccc3)C(OCc3ccccc3)C2OCc2ccccc2)c(=O)[nH]1. The summed E-state index contributed by atoms with van der Waals surface area (Å²) >= 11 is 0. The number of rotatable bonds is 11. The normalized spacial score (nSPS) is 20.5. The summed E-state index contributed by atoms with van der Waals surface area (Å²) in [5.41, 5.74) is 9.22. The molecule has 0 radical (unpaired) electrons. The molecule has 3 heterocycles. The van der Waals surface area contributed by atoms with E-state index in [9.17, 15) is 4.79 Å². The number of aromatic amines is 1. The average molecular weight is 554 g/mol. The molecular formula is C31H31N5O5. The molecule has 0 spiro atoms. The zero-order chi connectivity index (χ0) is 28.0. The van der Waals surface area contributed by atoms with E-state index in [0.717, 1.165) is 16.7 Å². The van der Waals surface area contributed by atoms with Crippen molar-refractivity contribution in [3.8, 4) is 0 Å². The number of fused-ring (bicyclic) bond motifs is 1. The molecule has 210 valence electrons. The number of nitrogens with one attached hydrogen (secondary N) is 1. The summed E-state index contributed by atoms with van der Waals surface area (Å²) in [7, 11) is 0. The lowest BCUT2D eigenvalue weighted by atomic mass is 10.1. The fourth-order valence-electron chi connectivity index (χ4n) is 4.98. The number of aromatic nitrogens is 4. The smallest absolute Gasteiger partial charge is 0.279 e. The number of pyridine rings is 1. The van der Waals surface area contributed by atoms with Gasteiger partial charge in [0.05, 0.1) is 26.4 Å². The van der Waals surface area contributed by atoms with Crippen LogP contribution in [0.2, 0.25) is 0 Å². The lowest BCUT2D eigenvalue weighted by molar-refractivity contribution is -0.0928. The number of nitrogens with zero attached hydrogens (tertiary/aromatic N) is 3. The summed E-state index contributed by atoms with van der Waals surface area (Å²) in [5.74, 6) is 0.199. The molecular weight excluding hydrogens is 522 g/mol. The van der Waals surface area contributed by atoms with Crippen LogP contribution in [0.1, 0.15) is 22.9 Å². The summed E-state index contributed by atoms with van der Waals surface area (Å²) in [5, 5.41) is 8.40. The minimum absolute atomic E-state index is 0.162. The Hall–Kier alpha value is -4.35. The predicted octanol–water partition coefficient (Wildman–Crippen LogP) is 3.99. The number of nitrogens with two attached hydrogens (primary N) is 1. The van der Waals surface area contributed by atoms with E-state index in [4.69, 9.17) is 24.7 Å². The van der Waals surface area contributed by atoms with Crippen molar-refractivity contribution in [2.24, 2.45) is 0 Å². The van der Waals surface area contributed by atoms with Crippen LogP contribution in [0.5, 0.6) is 0 Å². The van der Waals surface area contributed by atoms with Crippen LogP contribution in [0.3, 0.4) is 0 Å². The zero-order valence-electron chi connectivity index (χ0n) is 22.3. The number of H-pyrrole nitrogens is 1. The van der Waals surface area contributed by atoms with E-state index in [2.05, 4.69) is 15.3 Å². The maximum atomic E-state index is 12.5. The van der Waals surface area contributed by atoms with Crippen LogP contribution in [0, 0.1) is 0 Å². The molecule has 1 aliphatic rings. The Bertz CT molecular complexity index is 1610. The maximum Gasteiger partial charge on any atom is 0.279 e. The highest BCUT2D eigenvalue weighted by atomic mass is 16.6. The minimum Gasteiger partial charge on any atom is -0.385 e. The van der Waals surface area contributed by atoms with Crippen LogP contribution in [-0.2, 0) is 38.8 Å². The van der Waals surface area contributed by atoms with Crippen LogP contribution in [0.15, 0.2) is 102 Å². The van der Waals surface area contributed by atoms with Gasteiger partial charge in [0.15, 0.2) is 11.7 Å². The van der Waals surface area contributed by atoms with Gasteiger partial charge in [-0.2, -0.15) is 0 Å². The van der Waals surface area contributed by atoms with Crippen molar-refractivity contribution >= 4 is 16.9 Å². The van der Waals surface area contributed by atoms with Crippen LogP contribution in [0.25, 0.3) is 11.0 Å². The second-order valence-electron chi connectivity index (χ2n) is 9.91. The summed E-state index contributed by atoms with van der Waals surface area (Å²) in [4.78, 5) is 15.1. The molecule has 2 aromatic heterocycles. The first-order valence-electron chi connectivity index (χ1n) is 13.5. The van der Waals surface area contributed by atoms with Crippen molar-refractivity contribution in [3.05, 3.63) is 124 Å². The van der Waals surface area contributed by atoms with E-state index in [1.165, 1.54) is 0 Å². The highest BCUT2D eigenvalue weighted by Gasteiger charge is 2.48. The number of ether oxygens (including phenoxy) is 4. The van der Waals surface area contributed by atoms with Gasteiger partial charge in [-0.25, -0.2) is 4.68 Å². The molecule has 5 aromatic rings. The van der Waals surface area contributed by atoms with E-state index in [1.54, 1.807) is 10.7 Å². The van der Waals surface area contributed by atoms with Crippen LogP contribution < -0.4 is 11.3 Å².